The zero-order valence-corrected chi connectivity index (χ0v) is 10.3. The molecule has 0 amide bonds. The molecule has 2 N–H and O–H groups in total. The van der Waals surface area contributed by atoms with E-state index in [4.69, 9.17) is 5.73 Å². The number of hydrogen-bond acceptors (Lipinski definition) is 4. The third-order valence-electron chi connectivity index (χ3n) is 2.25. The minimum absolute atomic E-state index is 0.156. The van der Waals surface area contributed by atoms with Crippen LogP contribution in [0.2, 0.25) is 0 Å². The van der Waals surface area contributed by atoms with Crippen molar-refractivity contribution in [3.8, 4) is 0 Å². The second-order valence-electron chi connectivity index (χ2n) is 3.81. The molecule has 88 valence electrons. The molecule has 0 aromatic heterocycles. The lowest BCUT2D eigenvalue weighted by Crippen LogP contribution is -2.17. The van der Waals surface area contributed by atoms with E-state index in [1.54, 1.807) is 24.8 Å². The third kappa shape index (κ3) is 3.50. The average molecular weight is 240 g/mol. The number of nitrogens with two attached hydrogens (primary N) is 1. The van der Waals surface area contributed by atoms with Gasteiger partial charge in [0.15, 0.2) is 0 Å². The summed E-state index contributed by atoms with van der Waals surface area (Å²) < 4.78 is 0. The third-order valence-corrected chi connectivity index (χ3v) is 3.53. The summed E-state index contributed by atoms with van der Waals surface area (Å²) in [5.41, 5.74) is 7.61. The van der Waals surface area contributed by atoms with Crippen molar-refractivity contribution < 1.29 is 4.92 Å². The van der Waals surface area contributed by atoms with Gasteiger partial charge in [0.05, 0.1) is 4.92 Å². The molecule has 0 heterocycles. The summed E-state index contributed by atoms with van der Waals surface area (Å²) in [4.78, 5) is 10.4. The molecule has 1 aromatic rings. The highest BCUT2D eigenvalue weighted by molar-refractivity contribution is 7.98. The number of rotatable bonds is 5. The van der Waals surface area contributed by atoms with Gasteiger partial charge in [0.2, 0.25) is 0 Å². The van der Waals surface area contributed by atoms with Crippen molar-refractivity contribution in [3.63, 3.8) is 0 Å². The predicted molar refractivity (Wildman–Crippen MR) is 67.6 cm³/mol. The molecule has 16 heavy (non-hydrogen) atoms. The smallest absolute Gasteiger partial charge is 0.272 e. The van der Waals surface area contributed by atoms with E-state index in [0.29, 0.717) is 0 Å². The predicted octanol–water partition coefficient (Wildman–Crippen LogP) is 2.48. The number of hydrogen-bond donors (Lipinski definition) is 1. The number of benzene rings is 1. The van der Waals surface area contributed by atoms with Crippen molar-refractivity contribution in [2.24, 2.45) is 5.73 Å². The first-order valence-electron chi connectivity index (χ1n) is 5.08. The molecule has 0 spiro atoms. The molecule has 1 atom stereocenters. The van der Waals surface area contributed by atoms with Crippen LogP contribution in [-0.2, 0) is 5.75 Å². The van der Waals surface area contributed by atoms with Crippen molar-refractivity contribution in [2.75, 3.05) is 5.75 Å². The van der Waals surface area contributed by atoms with Gasteiger partial charge >= 0.3 is 0 Å². The van der Waals surface area contributed by atoms with E-state index in [1.165, 1.54) is 6.07 Å². The van der Waals surface area contributed by atoms with Gasteiger partial charge in [-0.1, -0.05) is 12.1 Å². The molecule has 1 unspecified atom stereocenters. The van der Waals surface area contributed by atoms with E-state index in [9.17, 15) is 10.1 Å². The van der Waals surface area contributed by atoms with Crippen LogP contribution < -0.4 is 5.73 Å². The first-order valence-corrected chi connectivity index (χ1v) is 6.24. The van der Waals surface area contributed by atoms with Gasteiger partial charge in [-0.25, -0.2) is 0 Å². The molecular weight excluding hydrogens is 224 g/mol. The monoisotopic (exact) mass is 240 g/mol. The first kappa shape index (κ1) is 13.0. The lowest BCUT2D eigenvalue weighted by molar-refractivity contribution is -0.385. The van der Waals surface area contributed by atoms with Gasteiger partial charge in [-0.2, -0.15) is 11.8 Å². The number of nitro groups is 1. The number of thioether (sulfide) groups is 1. The van der Waals surface area contributed by atoms with Crippen LogP contribution in [0.25, 0.3) is 0 Å². The molecule has 0 aliphatic heterocycles. The Morgan fingerprint density at radius 2 is 2.25 bits per heavy atom. The quantitative estimate of drug-likeness (QED) is 0.634. The summed E-state index contributed by atoms with van der Waals surface area (Å²) >= 11 is 1.70. The molecule has 1 aromatic carbocycles. The van der Waals surface area contributed by atoms with Crippen LogP contribution in [-0.4, -0.2) is 16.7 Å². The van der Waals surface area contributed by atoms with E-state index in [1.807, 2.05) is 13.0 Å². The zero-order chi connectivity index (χ0) is 12.1. The molecular formula is C11H16N2O2S. The lowest BCUT2D eigenvalue weighted by atomic mass is 10.1. The molecule has 1 rings (SSSR count). The van der Waals surface area contributed by atoms with E-state index >= 15 is 0 Å². The van der Waals surface area contributed by atoms with Crippen molar-refractivity contribution in [1.82, 2.24) is 0 Å². The molecule has 0 saturated heterocycles. The van der Waals surface area contributed by atoms with Crippen LogP contribution in [0.3, 0.4) is 0 Å². The van der Waals surface area contributed by atoms with Crippen LogP contribution in [0.5, 0.6) is 0 Å². The Hall–Kier alpha value is -1.07. The molecule has 4 nitrogen and oxygen atoms in total. The summed E-state index contributed by atoms with van der Waals surface area (Å²) in [5.74, 6) is 1.64. The van der Waals surface area contributed by atoms with E-state index < -0.39 is 0 Å². The first-order chi connectivity index (χ1) is 7.52. The van der Waals surface area contributed by atoms with Crippen molar-refractivity contribution in [1.29, 1.82) is 0 Å². The largest absolute Gasteiger partial charge is 0.327 e. The summed E-state index contributed by atoms with van der Waals surface area (Å²) in [7, 11) is 0. The standard InChI is InChI=1S/C11H16N2O2S/c1-8(12)6-16-7-10-4-3-5-11(9(10)2)13(14)15/h3-5,8H,6-7,12H2,1-2H3. The lowest BCUT2D eigenvalue weighted by Gasteiger charge is -2.07. The maximum absolute atomic E-state index is 10.7. The van der Waals surface area contributed by atoms with Crippen LogP contribution in [0.1, 0.15) is 18.1 Å². The van der Waals surface area contributed by atoms with Gasteiger partial charge in [0.1, 0.15) is 0 Å². The van der Waals surface area contributed by atoms with Gasteiger partial charge in [-0.3, -0.25) is 10.1 Å². The highest BCUT2D eigenvalue weighted by atomic mass is 32.2. The molecule has 0 saturated carbocycles. The molecule has 0 radical (unpaired) electrons. The Labute approximate surface area is 99.4 Å². The number of nitro benzene ring substituents is 1. The fourth-order valence-electron chi connectivity index (χ4n) is 1.38. The SMILES string of the molecule is Cc1c(CSCC(C)N)cccc1[N+](=O)[O-]. The Morgan fingerprint density at radius 3 is 2.81 bits per heavy atom. The van der Waals surface area contributed by atoms with Crippen LogP contribution in [0.4, 0.5) is 5.69 Å². The number of nitrogens with zero attached hydrogens (tertiary/aromatic N) is 1. The van der Waals surface area contributed by atoms with Gasteiger partial charge in [-0.15, -0.1) is 0 Å². The van der Waals surface area contributed by atoms with E-state index in [-0.39, 0.29) is 16.7 Å². The van der Waals surface area contributed by atoms with Gasteiger partial charge in [0, 0.05) is 29.2 Å². The highest BCUT2D eigenvalue weighted by Gasteiger charge is 2.12. The maximum atomic E-state index is 10.7. The minimum Gasteiger partial charge on any atom is -0.327 e. The maximum Gasteiger partial charge on any atom is 0.272 e. The van der Waals surface area contributed by atoms with Crippen molar-refractivity contribution >= 4 is 17.4 Å². The van der Waals surface area contributed by atoms with Crippen LogP contribution >= 0.6 is 11.8 Å². The summed E-state index contributed by atoms with van der Waals surface area (Å²) in [6.07, 6.45) is 0. The van der Waals surface area contributed by atoms with Crippen LogP contribution in [0.15, 0.2) is 18.2 Å². The summed E-state index contributed by atoms with van der Waals surface area (Å²) in [6.45, 7) is 3.74. The van der Waals surface area contributed by atoms with Crippen LogP contribution in [0, 0.1) is 17.0 Å². The molecule has 0 aliphatic carbocycles. The molecule has 0 fully saturated rings. The Kier molecular flexibility index (Phi) is 4.76. The minimum atomic E-state index is -0.338. The second-order valence-corrected chi connectivity index (χ2v) is 4.84. The Morgan fingerprint density at radius 1 is 1.56 bits per heavy atom. The topological polar surface area (TPSA) is 69.2 Å². The van der Waals surface area contributed by atoms with Crippen molar-refractivity contribution in [3.05, 3.63) is 39.4 Å². The van der Waals surface area contributed by atoms with Gasteiger partial charge in [-0.05, 0) is 19.4 Å². The molecule has 0 aliphatic rings. The Bertz CT molecular complexity index is 380. The highest BCUT2D eigenvalue weighted by Crippen LogP contribution is 2.24. The zero-order valence-electron chi connectivity index (χ0n) is 9.47. The van der Waals surface area contributed by atoms with Gasteiger partial charge in [0.25, 0.3) is 5.69 Å². The fraction of sp³-hybridized carbons (Fsp3) is 0.455. The normalized spacial score (nSPS) is 12.4. The molecule has 0 bridgehead atoms. The Balaban J connectivity index is 2.73. The van der Waals surface area contributed by atoms with Crippen molar-refractivity contribution in [2.45, 2.75) is 25.6 Å². The summed E-state index contributed by atoms with van der Waals surface area (Å²) in [6, 6.07) is 5.35. The second kappa shape index (κ2) is 5.86. The fourth-order valence-corrected chi connectivity index (χ4v) is 2.40. The van der Waals surface area contributed by atoms with Gasteiger partial charge < -0.3 is 5.73 Å². The molecule has 5 heteroatoms. The average Bonchev–Trinajstić information content (AvgIpc) is 2.19. The van der Waals surface area contributed by atoms with E-state index in [0.717, 1.165) is 22.6 Å². The summed E-state index contributed by atoms with van der Waals surface area (Å²) in [5, 5.41) is 10.7. The van der Waals surface area contributed by atoms with E-state index in [2.05, 4.69) is 0 Å².